The summed E-state index contributed by atoms with van der Waals surface area (Å²) < 4.78 is 7.28. The Bertz CT molecular complexity index is 947. The summed E-state index contributed by atoms with van der Waals surface area (Å²) in [6.45, 7) is 1.59. The largest absolute Gasteiger partial charge is 0.442 e. The highest BCUT2D eigenvalue weighted by Crippen LogP contribution is 2.30. The molecular formula is C18H17N7O2. The number of fused-ring (bicyclic) bond motifs is 1. The van der Waals surface area contributed by atoms with E-state index in [2.05, 4.69) is 25.4 Å². The Morgan fingerprint density at radius 3 is 2.74 bits per heavy atom. The zero-order valence-corrected chi connectivity index (χ0v) is 14.4. The van der Waals surface area contributed by atoms with Gasteiger partial charge in [0.1, 0.15) is 6.10 Å². The molecule has 27 heavy (non-hydrogen) atoms. The molecule has 9 nitrogen and oxygen atoms in total. The quantitative estimate of drug-likeness (QED) is 0.689. The van der Waals surface area contributed by atoms with E-state index in [1.807, 2.05) is 48.5 Å². The molecule has 0 saturated carbocycles. The van der Waals surface area contributed by atoms with Crippen LogP contribution in [0.5, 0.6) is 0 Å². The molecule has 2 aliphatic heterocycles. The SMILES string of the molecule is O=C1O[C@@H]2CN(c3nnnn3-c3ccccc3)C[C@@H]2N1Cc1ccccn1. The van der Waals surface area contributed by atoms with Gasteiger partial charge in [0.2, 0.25) is 0 Å². The Morgan fingerprint density at radius 2 is 1.93 bits per heavy atom. The number of carbonyl (C=O) groups excluding carboxylic acids is 1. The van der Waals surface area contributed by atoms with Crippen LogP contribution in [0.3, 0.4) is 0 Å². The van der Waals surface area contributed by atoms with Crippen molar-refractivity contribution in [1.29, 1.82) is 0 Å². The van der Waals surface area contributed by atoms with Crippen molar-refractivity contribution in [2.24, 2.45) is 0 Å². The van der Waals surface area contributed by atoms with E-state index >= 15 is 0 Å². The number of nitrogens with zero attached hydrogens (tertiary/aromatic N) is 7. The number of hydrogen-bond donors (Lipinski definition) is 0. The maximum Gasteiger partial charge on any atom is 0.410 e. The topological polar surface area (TPSA) is 89.3 Å². The number of tetrazole rings is 1. The van der Waals surface area contributed by atoms with Crippen LogP contribution in [0, 0.1) is 0 Å². The molecule has 0 spiro atoms. The fourth-order valence-corrected chi connectivity index (χ4v) is 3.63. The normalized spacial score (nSPS) is 21.4. The summed E-state index contributed by atoms with van der Waals surface area (Å²) in [6, 6.07) is 15.3. The second kappa shape index (κ2) is 6.35. The third-order valence-corrected chi connectivity index (χ3v) is 4.92. The zero-order valence-electron chi connectivity index (χ0n) is 14.4. The van der Waals surface area contributed by atoms with Gasteiger partial charge >= 0.3 is 6.09 Å². The summed E-state index contributed by atoms with van der Waals surface area (Å²) in [7, 11) is 0. The summed E-state index contributed by atoms with van der Waals surface area (Å²) in [5.74, 6) is 0.643. The van der Waals surface area contributed by atoms with Gasteiger partial charge in [-0.2, -0.15) is 4.68 Å². The van der Waals surface area contributed by atoms with Gasteiger partial charge in [0.25, 0.3) is 5.95 Å². The summed E-state index contributed by atoms with van der Waals surface area (Å²) in [6.07, 6.45) is 1.23. The van der Waals surface area contributed by atoms with Crippen LogP contribution >= 0.6 is 0 Å². The van der Waals surface area contributed by atoms with Crippen molar-refractivity contribution in [2.45, 2.75) is 18.7 Å². The Hall–Kier alpha value is -3.49. The van der Waals surface area contributed by atoms with Crippen LogP contribution in [0.15, 0.2) is 54.7 Å². The Balaban J connectivity index is 1.38. The van der Waals surface area contributed by atoms with Crippen molar-refractivity contribution in [3.63, 3.8) is 0 Å². The number of amides is 1. The number of anilines is 1. The molecule has 2 aliphatic rings. The van der Waals surface area contributed by atoms with Gasteiger partial charge in [-0.05, 0) is 34.7 Å². The first-order valence-corrected chi connectivity index (χ1v) is 8.75. The highest BCUT2D eigenvalue weighted by atomic mass is 16.6. The number of rotatable bonds is 4. The van der Waals surface area contributed by atoms with Crippen molar-refractivity contribution in [2.75, 3.05) is 18.0 Å². The average Bonchev–Trinajstić information content (AvgIpc) is 3.40. The fourth-order valence-electron chi connectivity index (χ4n) is 3.63. The van der Waals surface area contributed by atoms with Crippen LogP contribution < -0.4 is 4.90 Å². The molecule has 0 N–H and O–H groups in total. The van der Waals surface area contributed by atoms with Crippen LogP contribution in [0.1, 0.15) is 5.69 Å². The van der Waals surface area contributed by atoms with E-state index in [1.54, 1.807) is 15.8 Å². The molecule has 5 rings (SSSR count). The lowest BCUT2D eigenvalue weighted by atomic mass is 10.2. The zero-order chi connectivity index (χ0) is 18.2. The number of hydrogen-bond acceptors (Lipinski definition) is 7. The molecule has 0 radical (unpaired) electrons. The van der Waals surface area contributed by atoms with Crippen LogP contribution in [0.4, 0.5) is 10.7 Å². The summed E-state index contributed by atoms with van der Waals surface area (Å²) in [4.78, 5) is 20.4. The molecule has 2 aromatic heterocycles. The van der Waals surface area contributed by atoms with Crippen molar-refractivity contribution in [1.82, 2.24) is 30.1 Å². The highest BCUT2D eigenvalue weighted by molar-refractivity contribution is 5.71. The van der Waals surface area contributed by atoms with E-state index in [-0.39, 0.29) is 18.2 Å². The van der Waals surface area contributed by atoms with E-state index in [4.69, 9.17) is 4.74 Å². The Labute approximate surface area is 155 Å². The molecular weight excluding hydrogens is 346 g/mol. The Morgan fingerprint density at radius 1 is 1.07 bits per heavy atom. The van der Waals surface area contributed by atoms with E-state index in [1.165, 1.54) is 0 Å². The first kappa shape index (κ1) is 15.7. The van der Waals surface area contributed by atoms with E-state index < -0.39 is 0 Å². The predicted octanol–water partition coefficient (Wildman–Crippen LogP) is 1.27. The minimum absolute atomic E-state index is 0.0552. The van der Waals surface area contributed by atoms with Crippen molar-refractivity contribution >= 4 is 12.0 Å². The van der Waals surface area contributed by atoms with E-state index in [0.717, 1.165) is 11.4 Å². The van der Waals surface area contributed by atoms with Crippen molar-refractivity contribution in [3.8, 4) is 5.69 Å². The standard InChI is InChI=1S/C18H17N7O2/c26-18-24(10-13-6-4-5-9-19-13)15-11-23(12-16(15)27-18)17-20-21-22-25(17)14-7-2-1-3-8-14/h1-9,15-16H,10-12H2/t15-,16+/m0/s1. The molecule has 3 aromatic rings. The fraction of sp³-hybridized carbons (Fsp3) is 0.278. The van der Waals surface area contributed by atoms with Crippen LogP contribution in [0.25, 0.3) is 5.69 Å². The van der Waals surface area contributed by atoms with E-state index in [9.17, 15) is 4.79 Å². The molecule has 2 atom stereocenters. The molecule has 0 aliphatic carbocycles. The smallest absolute Gasteiger partial charge is 0.410 e. The average molecular weight is 363 g/mol. The summed E-state index contributed by atoms with van der Waals surface area (Å²) >= 11 is 0. The lowest BCUT2D eigenvalue weighted by Gasteiger charge is -2.22. The first-order valence-electron chi connectivity index (χ1n) is 8.75. The second-order valence-corrected chi connectivity index (χ2v) is 6.57. The molecule has 0 unspecified atom stereocenters. The number of benzene rings is 1. The van der Waals surface area contributed by atoms with Gasteiger partial charge in [-0.3, -0.25) is 9.88 Å². The molecule has 1 amide bonds. The van der Waals surface area contributed by atoms with Crippen LogP contribution in [-0.4, -0.2) is 61.4 Å². The summed E-state index contributed by atoms with van der Waals surface area (Å²) in [5.41, 5.74) is 1.72. The van der Waals surface area contributed by atoms with Gasteiger partial charge < -0.3 is 9.64 Å². The lowest BCUT2D eigenvalue weighted by Crippen LogP contribution is -2.38. The van der Waals surface area contributed by atoms with Gasteiger partial charge in [0, 0.05) is 12.7 Å². The number of para-hydroxylation sites is 1. The van der Waals surface area contributed by atoms with Gasteiger partial charge in [-0.1, -0.05) is 29.4 Å². The molecule has 1 aromatic carbocycles. The molecule has 2 fully saturated rings. The molecule has 4 heterocycles. The molecule has 136 valence electrons. The van der Waals surface area contributed by atoms with Crippen LogP contribution in [-0.2, 0) is 11.3 Å². The maximum atomic E-state index is 12.3. The van der Waals surface area contributed by atoms with Gasteiger partial charge in [-0.25, -0.2) is 4.79 Å². The first-order chi connectivity index (χ1) is 13.3. The highest BCUT2D eigenvalue weighted by Gasteiger charge is 2.48. The monoisotopic (exact) mass is 363 g/mol. The Kier molecular flexibility index (Phi) is 3.70. The molecule has 9 heteroatoms. The summed E-state index contributed by atoms with van der Waals surface area (Å²) in [5, 5.41) is 12.1. The van der Waals surface area contributed by atoms with Crippen molar-refractivity contribution < 1.29 is 9.53 Å². The second-order valence-electron chi connectivity index (χ2n) is 6.57. The maximum absolute atomic E-state index is 12.3. The van der Waals surface area contributed by atoms with Crippen LogP contribution in [0.2, 0.25) is 0 Å². The predicted molar refractivity (Wildman–Crippen MR) is 95.2 cm³/mol. The van der Waals surface area contributed by atoms with Gasteiger partial charge in [-0.15, -0.1) is 0 Å². The minimum atomic E-state index is -0.294. The number of pyridine rings is 1. The molecule has 0 bridgehead atoms. The number of carbonyl (C=O) groups is 1. The third kappa shape index (κ3) is 2.77. The number of ether oxygens (including phenoxy) is 1. The number of aromatic nitrogens is 5. The van der Waals surface area contributed by atoms with Crippen molar-refractivity contribution in [3.05, 3.63) is 60.4 Å². The van der Waals surface area contributed by atoms with E-state index in [0.29, 0.717) is 25.6 Å². The third-order valence-electron chi connectivity index (χ3n) is 4.92. The van der Waals surface area contributed by atoms with Gasteiger partial charge in [0.15, 0.2) is 0 Å². The minimum Gasteiger partial charge on any atom is -0.442 e. The molecule has 2 saturated heterocycles. The lowest BCUT2D eigenvalue weighted by molar-refractivity contribution is 0.135. The van der Waals surface area contributed by atoms with Gasteiger partial charge in [0.05, 0.1) is 30.5 Å².